The minimum absolute atomic E-state index is 0.602. The number of nitrogens with zero attached hydrogens (tertiary/aromatic N) is 1. The molecule has 2 unspecified atom stereocenters. The van der Waals surface area contributed by atoms with E-state index in [0.717, 1.165) is 17.2 Å². The van der Waals surface area contributed by atoms with Crippen molar-refractivity contribution in [3.63, 3.8) is 0 Å². The maximum atomic E-state index is 3.66. The standard InChI is InChI=1S/C14H22BrNS/c1-10(2)12(8-15)9-16-6-4-14-13(11(16)3)5-7-17-14/h5,7,10-12H,4,6,8-9H2,1-3H3. The Kier molecular flexibility index (Phi) is 4.67. The van der Waals surface area contributed by atoms with Gasteiger partial charge >= 0.3 is 0 Å². The molecule has 0 saturated heterocycles. The van der Waals surface area contributed by atoms with Gasteiger partial charge in [0, 0.05) is 29.3 Å². The second kappa shape index (κ2) is 5.85. The quantitative estimate of drug-likeness (QED) is 0.747. The predicted octanol–water partition coefficient (Wildman–Crippen LogP) is 4.33. The maximum absolute atomic E-state index is 3.66. The molecule has 0 aromatic carbocycles. The molecule has 96 valence electrons. The number of hydrogen-bond donors (Lipinski definition) is 0. The van der Waals surface area contributed by atoms with Crippen molar-refractivity contribution in [1.29, 1.82) is 0 Å². The number of fused-ring (bicyclic) bond motifs is 1. The van der Waals surface area contributed by atoms with Crippen LogP contribution in [0.3, 0.4) is 0 Å². The van der Waals surface area contributed by atoms with Crippen molar-refractivity contribution in [2.75, 3.05) is 18.4 Å². The summed E-state index contributed by atoms with van der Waals surface area (Å²) < 4.78 is 0. The first-order valence-corrected chi connectivity index (χ1v) is 8.49. The Morgan fingerprint density at radius 3 is 2.94 bits per heavy atom. The molecule has 1 aromatic heterocycles. The van der Waals surface area contributed by atoms with Crippen molar-refractivity contribution < 1.29 is 0 Å². The summed E-state index contributed by atoms with van der Waals surface area (Å²) in [5.41, 5.74) is 1.57. The van der Waals surface area contributed by atoms with Crippen LogP contribution in [-0.4, -0.2) is 23.3 Å². The van der Waals surface area contributed by atoms with Crippen molar-refractivity contribution in [2.45, 2.75) is 33.2 Å². The summed E-state index contributed by atoms with van der Waals surface area (Å²) in [4.78, 5) is 4.26. The van der Waals surface area contributed by atoms with Gasteiger partial charge in [0.15, 0.2) is 0 Å². The fourth-order valence-corrected chi connectivity index (χ4v) is 4.46. The van der Waals surface area contributed by atoms with Crippen LogP contribution in [0.5, 0.6) is 0 Å². The Hall–Kier alpha value is 0.140. The van der Waals surface area contributed by atoms with Crippen LogP contribution >= 0.6 is 27.3 Å². The molecule has 1 aliphatic rings. The highest BCUT2D eigenvalue weighted by Crippen LogP contribution is 2.33. The first kappa shape index (κ1) is 13.6. The SMILES string of the molecule is CC(C)C(CBr)CN1CCc2sccc2C1C. The second-order valence-corrected chi connectivity index (χ2v) is 7.03. The second-order valence-electron chi connectivity index (χ2n) is 5.38. The van der Waals surface area contributed by atoms with Crippen molar-refractivity contribution in [1.82, 2.24) is 4.90 Å². The fraction of sp³-hybridized carbons (Fsp3) is 0.714. The lowest BCUT2D eigenvalue weighted by molar-refractivity contribution is 0.159. The summed E-state index contributed by atoms with van der Waals surface area (Å²) in [6, 6.07) is 2.92. The van der Waals surface area contributed by atoms with Crippen LogP contribution < -0.4 is 0 Å². The van der Waals surface area contributed by atoms with E-state index in [1.54, 1.807) is 10.4 Å². The smallest absolute Gasteiger partial charge is 0.0331 e. The Labute approximate surface area is 117 Å². The van der Waals surface area contributed by atoms with E-state index in [2.05, 4.69) is 53.0 Å². The number of alkyl halides is 1. The van der Waals surface area contributed by atoms with E-state index in [0.29, 0.717) is 6.04 Å². The highest BCUT2D eigenvalue weighted by Gasteiger charge is 2.27. The third-order valence-electron chi connectivity index (χ3n) is 4.01. The van der Waals surface area contributed by atoms with Gasteiger partial charge in [-0.25, -0.2) is 0 Å². The molecule has 0 aliphatic carbocycles. The van der Waals surface area contributed by atoms with Gasteiger partial charge in [-0.2, -0.15) is 0 Å². The van der Waals surface area contributed by atoms with Crippen LogP contribution in [-0.2, 0) is 6.42 Å². The molecule has 3 heteroatoms. The van der Waals surface area contributed by atoms with Gasteiger partial charge in [-0.1, -0.05) is 29.8 Å². The lowest BCUT2D eigenvalue weighted by Crippen LogP contribution is -2.38. The third-order valence-corrected chi connectivity index (χ3v) is 5.84. The zero-order valence-electron chi connectivity index (χ0n) is 10.9. The van der Waals surface area contributed by atoms with Crippen LogP contribution in [0.25, 0.3) is 0 Å². The first-order chi connectivity index (χ1) is 8.13. The zero-order chi connectivity index (χ0) is 12.4. The van der Waals surface area contributed by atoms with Crippen LogP contribution in [0.2, 0.25) is 0 Å². The molecule has 0 N–H and O–H groups in total. The topological polar surface area (TPSA) is 3.24 Å². The molecule has 1 nitrogen and oxygen atoms in total. The monoisotopic (exact) mass is 315 g/mol. The fourth-order valence-electron chi connectivity index (χ4n) is 2.55. The molecule has 1 aliphatic heterocycles. The van der Waals surface area contributed by atoms with Crippen LogP contribution in [0, 0.1) is 11.8 Å². The molecule has 0 radical (unpaired) electrons. The molecule has 2 atom stereocenters. The lowest BCUT2D eigenvalue weighted by Gasteiger charge is -2.36. The molecular formula is C14H22BrNS. The normalized spacial score (nSPS) is 22.8. The summed E-state index contributed by atoms with van der Waals surface area (Å²) in [7, 11) is 0. The van der Waals surface area contributed by atoms with Crippen LogP contribution in [0.1, 0.15) is 37.3 Å². The molecule has 0 saturated carbocycles. The van der Waals surface area contributed by atoms with Gasteiger partial charge in [-0.15, -0.1) is 11.3 Å². The summed E-state index contributed by atoms with van der Waals surface area (Å²) >= 11 is 5.59. The van der Waals surface area contributed by atoms with E-state index in [9.17, 15) is 0 Å². The number of thiophene rings is 1. The minimum Gasteiger partial charge on any atom is -0.296 e. The van der Waals surface area contributed by atoms with Gasteiger partial charge in [0.05, 0.1) is 0 Å². The third kappa shape index (κ3) is 2.94. The van der Waals surface area contributed by atoms with E-state index in [4.69, 9.17) is 0 Å². The molecular weight excluding hydrogens is 294 g/mol. The highest BCUT2D eigenvalue weighted by molar-refractivity contribution is 9.09. The van der Waals surface area contributed by atoms with E-state index in [1.165, 1.54) is 19.5 Å². The first-order valence-electron chi connectivity index (χ1n) is 6.49. The minimum atomic E-state index is 0.602. The van der Waals surface area contributed by atoms with Gasteiger partial charge in [0.25, 0.3) is 0 Å². The average molecular weight is 316 g/mol. The maximum Gasteiger partial charge on any atom is 0.0331 e. The van der Waals surface area contributed by atoms with E-state index in [1.807, 2.05) is 11.3 Å². The Bertz CT molecular complexity index is 361. The Morgan fingerprint density at radius 1 is 1.53 bits per heavy atom. The van der Waals surface area contributed by atoms with Crippen molar-refractivity contribution in [3.8, 4) is 0 Å². The molecule has 1 aromatic rings. The summed E-state index contributed by atoms with van der Waals surface area (Å²) in [6.45, 7) is 9.47. The van der Waals surface area contributed by atoms with E-state index < -0.39 is 0 Å². The summed E-state index contributed by atoms with van der Waals surface area (Å²) in [5, 5.41) is 3.36. The molecule has 0 bridgehead atoms. The van der Waals surface area contributed by atoms with Crippen LogP contribution in [0.4, 0.5) is 0 Å². The summed E-state index contributed by atoms with van der Waals surface area (Å²) in [5.74, 6) is 1.52. The average Bonchev–Trinajstić information content (AvgIpc) is 2.76. The Balaban J connectivity index is 2.04. The lowest BCUT2D eigenvalue weighted by atomic mass is 9.94. The molecule has 2 rings (SSSR count). The van der Waals surface area contributed by atoms with E-state index >= 15 is 0 Å². The molecule has 0 amide bonds. The predicted molar refractivity (Wildman–Crippen MR) is 80.1 cm³/mol. The zero-order valence-corrected chi connectivity index (χ0v) is 13.4. The molecule has 17 heavy (non-hydrogen) atoms. The van der Waals surface area contributed by atoms with Crippen LogP contribution in [0.15, 0.2) is 11.4 Å². The molecule has 0 fully saturated rings. The van der Waals surface area contributed by atoms with Gasteiger partial charge in [-0.05, 0) is 42.2 Å². The molecule has 0 spiro atoms. The Morgan fingerprint density at radius 2 is 2.29 bits per heavy atom. The number of halogens is 1. The molecule has 2 heterocycles. The van der Waals surface area contributed by atoms with Gasteiger partial charge in [0.2, 0.25) is 0 Å². The van der Waals surface area contributed by atoms with Gasteiger partial charge in [-0.3, -0.25) is 4.90 Å². The van der Waals surface area contributed by atoms with Crippen molar-refractivity contribution >= 4 is 27.3 Å². The summed E-state index contributed by atoms with van der Waals surface area (Å²) in [6.07, 6.45) is 1.24. The highest BCUT2D eigenvalue weighted by atomic mass is 79.9. The number of rotatable bonds is 4. The van der Waals surface area contributed by atoms with Gasteiger partial charge < -0.3 is 0 Å². The van der Waals surface area contributed by atoms with E-state index in [-0.39, 0.29) is 0 Å². The van der Waals surface area contributed by atoms with Gasteiger partial charge in [0.1, 0.15) is 0 Å². The number of hydrogen-bond acceptors (Lipinski definition) is 2. The van der Waals surface area contributed by atoms with Crippen molar-refractivity contribution in [3.05, 3.63) is 21.9 Å². The largest absolute Gasteiger partial charge is 0.296 e. The van der Waals surface area contributed by atoms with Crippen molar-refractivity contribution in [2.24, 2.45) is 11.8 Å².